The molecule has 0 bridgehead atoms. The van der Waals surface area contributed by atoms with Crippen molar-refractivity contribution in [3.63, 3.8) is 0 Å². The van der Waals surface area contributed by atoms with Crippen LogP contribution in [0, 0.1) is 0 Å². The van der Waals surface area contributed by atoms with E-state index in [1.165, 1.54) is 16.4 Å². The fourth-order valence-electron chi connectivity index (χ4n) is 2.42. The Kier molecular flexibility index (Phi) is 6.01. The van der Waals surface area contributed by atoms with Gasteiger partial charge < -0.3 is 10.4 Å². The number of hydrazine groups is 1. The van der Waals surface area contributed by atoms with Crippen molar-refractivity contribution in [2.75, 3.05) is 6.54 Å². The molecule has 1 amide bonds. The molecule has 27 heavy (non-hydrogen) atoms. The Morgan fingerprint density at radius 3 is 2.41 bits per heavy atom. The number of carbonyl (C=O) groups is 1. The summed E-state index contributed by atoms with van der Waals surface area (Å²) < 4.78 is 1.43. The Hall–Kier alpha value is -3.39. The van der Waals surface area contributed by atoms with Gasteiger partial charge in [-0.3, -0.25) is 15.6 Å². The average Bonchev–Trinajstić information content (AvgIpc) is 3.09. The quantitative estimate of drug-likeness (QED) is 0.399. The molecule has 0 saturated heterocycles. The van der Waals surface area contributed by atoms with Gasteiger partial charge in [-0.1, -0.05) is 48.5 Å². The highest BCUT2D eigenvalue weighted by Crippen LogP contribution is 2.17. The van der Waals surface area contributed by atoms with Crippen LogP contribution in [-0.4, -0.2) is 32.5 Å². The number of rotatable bonds is 5. The fraction of sp³-hybridized carbons (Fsp3) is 0.105. The predicted octanol–water partition coefficient (Wildman–Crippen LogP) is 1.93. The van der Waals surface area contributed by atoms with Crippen molar-refractivity contribution < 1.29 is 9.90 Å². The van der Waals surface area contributed by atoms with Crippen LogP contribution >= 0.6 is 12.2 Å². The number of amides is 1. The molecule has 138 valence electrons. The average molecular weight is 381 g/mol. The number of hydrogen-bond donors (Lipinski definition) is 4. The molecule has 3 rings (SSSR count). The molecule has 1 aromatic heterocycles. The van der Waals surface area contributed by atoms with Gasteiger partial charge in [0.05, 0.1) is 11.9 Å². The highest BCUT2D eigenvalue weighted by molar-refractivity contribution is 7.80. The SMILES string of the molecule is O=C(NNC(=S)NCCc1ccccc1)c1nn(-c2ccccc2)cc1O. The van der Waals surface area contributed by atoms with E-state index < -0.39 is 5.91 Å². The highest BCUT2D eigenvalue weighted by atomic mass is 32.1. The van der Waals surface area contributed by atoms with Crippen LogP contribution in [0.15, 0.2) is 66.9 Å². The van der Waals surface area contributed by atoms with E-state index in [2.05, 4.69) is 21.3 Å². The van der Waals surface area contributed by atoms with Gasteiger partial charge >= 0.3 is 0 Å². The molecule has 4 N–H and O–H groups in total. The van der Waals surface area contributed by atoms with Crippen molar-refractivity contribution in [1.82, 2.24) is 25.9 Å². The van der Waals surface area contributed by atoms with Crippen molar-refractivity contribution in [2.45, 2.75) is 6.42 Å². The van der Waals surface area contributed by atoms with Gasteiger partial charge in [-0.2, -0.15) is 5.10 Å². The summed E-state index contributed by atoms with van der Waals surface area (Å²) in [6, 6.07) is 19.2. The second-order valence-corrected chi connectivity index (χ2v) is 6.12. The van der Waals surface area contributed by atoms with Gasteiger partial charge in [-0.15, -0.1) is 0 Å². The van der Waals surface area contributed by atoms with Gasteiger partial charge in [0.2, 0.25) is 0 Å². The van der Waals surface area contributed by atoms with E-state index in [9.17, 15) is 9.90 Å². The first-order valence-electron chi connectivity index (χ1n) is 8.35. The lowest BCUT2D eigenvalue weighted by molar-refractivity contribution is 0.0935. The summed E-state index contributed by atoms with van der Waals surface area (Å²) in [6.45, 7) is 0.625. The van der Waals surface area contributed by atoms with Crippen molar-refractivity contribution >= 4 is 23.2 Å². The normalized spacial score (nSPS) is 10.2. The first kappa shape index (κ1) is 18.4. The lowest BCUT2D eigenvalue weighted by Gasteiger charge is -2.11. The Labute approximate surface area is 162 Å². The Morgan fingerprint density at radius 1 is 1.04 bits per heavy atom. The van der Waals surface area contributed by atoms with Gasteiger partial charge in [0.25, 0.3) is 5.91 Å². The minimum Gasteiger partial charge on any atom is -0.504 e. The van der Waals surface area contributed by atoms with Crippen LogP contribution in [0.25, 0.3) is 5.69 Å². The third-order valence-electron chi connectivity index (χ3n) is 3.76. The summed E-state index contributed by atoms with van der Waals surface area (Å²) >= 11 is 5.13. The van der Waals surface area contributed by atoms with Crippen molar-refractivity contribution in [2.24, 2.45) is 0 Å². The number of benzene rings is 2. The molecule has 0 spiro atoms. The molecule has 2 aromatic carbocycles. The van der Waals surface area contributed by atoms with Crippen molar-refractivity contribution in [1.29, 1.82) is 0 Å². The zero-order chi connectivity index (χ0) is 19.1. The zero-order valence-corrected chi connectivity index (χ0v) is 15.2. The topological polar surface area (TPSA) is 91.2 Å². The fourth-order valence-corrected chi connectivity index (χ4v) is 2.57. The third kappa shape index (κ3) is 5.05. The zero-order valence-electron chi connectivity index (χ0n) is 14.4. The van der Waals surface area contributed by atoms with Gasteiger partial charge in [0, 0.05) is 6.54 Å². The minimum absolute atomic E-state index is 0.0987. The van der Waals surface area contributed by atoms with E-state index in [-0.39, 0.29) is 16.6 Å². The van der Waals surface area contributed by atoms with Crippen LogP contribution in [0.5, 0.6) is 5.75 Å². The van der Waals surface area contributed by atoms with E-state index >= 15 is 0 Å². The molecule has 0 saturated carbocycles. The molecule has 0 unspecified atom stereocenters. The van der Waals surface area contributed by atoms with Crippen LogP contribution in [0.2, 0.25) is 0 Å². The summed E-state index contributed by atoms with van der Waals surface area (Å²) in [5, 5.41) is 17.4. The summed E-state index contributed by atoms with van der Waals surface area (Å²) in [7, 11) is 0. The van der Waals surface area contributed by atoms with Crippen LogP contribution in [-0.2, 0) is 6.42 Å². The van der Waals surface area contributed by atoms with Crippen molar-refractivity contribution in [3.05, 3.63) is 78.1 Å². The molecule has 0 aliphatic carbocycles. The van der Waals surface area contributed by atoms with E-state index in [0.717, 1.165) is 12.1 Å². The largest absolute Gasteiger partial charge is 0.504 e. The number of aromatic hydroxyl groups is 1. The number of aromatic nitrogens is 2. The van der Waals surface area contributed by atoms with E-state index in [4.69, 9.17) is 12.2 Å². The number of nitrogens with one attached hydrogen (secondary N) is 3. The Bertz CT molecular complexity index is 912. The summed E-state index contributed by atoms with van der Waals surface area (Å²) in [5.41, 5.74) is 6.85. The molecule has 7 nitrogen and oxygen atoms in total. The van der Waals surface area contributed by atoms with Gasteiger partial charge in [0.15, 0.2) is 16.6 Å². The second kappa shape index (κ2) is 8.81. The van der Waals surface area contributed by atoms with E-state index in [1.807, 2.05) is 60.7 Å². The Morgan fingerprint density at radius 2 is 1.70 bits per heavy atom. The number of hydrogen-bond acceptors (Lipinski definition) is 4. The maximum Gasteiger partial charge on any atom is 0.294 e. The lowest BCUT2D eigenvalue weighted by atomic mass is 10.1. The summed E-state index contributed by atoms with van der Waals surface area (Å²) in [5.74, 6) is -0.810. The van der Waals surface area contributed by atoms with Gasteiger partial charge in [0.1, 0.15) is 0 Å². The van der Waals surface area contributed by atoms with Crippen LogP contribution in [0.4, 0.5) is 0 Å². The van der Waals surface area contributed by atoms with E-state index in [1.54, 1.807) is 0 Å². The molecule has 0 aliphatic heterocycles. The maximum atomic E-state index is 12.2. The monoisotopic (exact) mass is 381 g/mol. The predicted molar refractivity (Wildman–Crippen MR) is 107 cm³/mol. The van der Waals surface area contributed by atoms with Crippen molar-refractivity contribution in [3.8, 4) is 11.4 Å². The Balaban J connectivity index is 1.49. The maximum absolute atomic E-state index is 12.2. The van der Waals surface area contributed by atoms with Gasteiger partial charge in [-0.05, 0) is 36.3 Å². The molecular weight excluding hydrogens is 362 g/mol. The van der Waals surface area contributed by atoms with Crippen LogP contribution in [0.3, 0.4) is 0 Å². The van der Waals surface area contributed by atoms with Crippen LogP contribution in [0.1, 0.15) is 16.1 Å². The number of para-hydroxylation sites is 1. The third-order valence-corrected chi connectivity index (χ3v) is 4.01. The molecule has 8 heteroatoms. The standard InChI is InChI=1S/C19H19N5O2S/c25-16-13-24(15-9-5-2-6-10-15)23-17(16)18(26)21-22-19(27)20-12-11-14-7-3-1-4-8-14/h1-10,13,25H,11-12H2,(H,21,26)(H2,20,22,27). The number of carbonyl (C=O) groups excluding carboxylic acids is 1. The first-order chi connectivity index (χ1) is 13.1. The minimum atomic E-state index is -0.589. The smallest absolute Gasteiger partial charge is 0.294 e. The van der Waals surface area contributed by atoms with Gasteiger partial charge in [-0.25, -0.2) is 4.68 Å². The lowest BCUT2D eigenvalue weighted by Crippen LogP contribution is -2.47. The number of thiocarbonyl (C=S) groups is 1. The van der Waals surface area contributed by atoms with Crippen LogP contribution < -0.4 is 16.2 Å². The summed E-state index contributed by atoms with van der Waals surface area (Å²) in [4.78, 5) is 12.2. The molecule has 0 radical (unpaired) electrons. The first-order valence-corrected chi connectivity index (χ1v) is 8.76. The highest BCUT2D eigenvalue weighted by Gasteiger charge is 2.17. The molecule has 3 aromatic rings. The molecular formula is C19H19N5O2S. The number of nitrogens with zero attached hydrogens (tertiary/aromatic N) is 2. The molecule has 1 heterocycles. The molecule has 0 fully saturated rings. The van der Waals surface area contributed by atoms with E-state index in [0.29, 0.717) is 6.54 Å². The molecule has 0 aliphatic rings. The molecule has 0 atom stereocenters. The summed E-state index contributed by atoms with van der Waals surface area (Å²) in [6.07, 6.45) is 2.18. The second-order valence-electron chi connectivity index (χ2n) is 5.71.